The lowest BCUT2D eigenvalue weighted by atomic mass is 10.2. The molecule has 0 heterocycles. The molecule has 3 N–H and O–H groups in total. The van der Waals surface area contributed by atoms with E-state index in [4.69, 9.17) is 11.0 Å². The molecule has 1 rings (SSSR count). The number of sulfonamides is 1. The van der Waals surface area contributed by atoms with E-state index in [1.807, 2.05) is 6.07 Å². The molecule has 8 heteroatoms. The molecule has 0 aliphatic carbocycles. The summed E-state index contributed by atoms with van der Waals surface area (Å²) < 4.78 is 37.7. The van der Waals surface area contributed by atoms with E-state index in [0.29, 0.717) is 12.0 Å². The van der Waals surface area contributed by atoms with Crippen LogP contribution in [-0.4, -0.2) is 30.7 Å². The molecule has 0 aromatic heterocycles. The van der Waals surface area contributed by atoms with Crippen molar-refractivity contribution in [2.45, 2.75) is 23.5 Å². The van der Waals surface area contributed by atoms with Crippen LogP contribution < -0.4 is 10.5 Å². The molecular weight excluding hydrogens is 298 g/mol. The van der Waals surface area contributed by atoms with Crippen LogP contribution in [0.5, 0.6) is 0 Å². The van der Waals surface area contributed by atoms with E-state index in [2.05, 4.69) is 4.72 Å². The van der Waals surface area contributed by atoms with Crippen molar-refractivity contribution in [1.29, 1.82) is 5.26 Å². The van der Waals surface area contributed by atoms with Gasteiger partial charge in [-0.15, -0.1) is 0 Å². The summed E-state index contributed by atoms with van der Waals surface area (Å²) in [7, 11) is -4.71. The Morgan fingerprint density at radius 1 is 1.50 bits per heavy atom. The van der Waals surface area contributed by atoms with Crippen molar-refractivity contribution in [2.75, 3.05) is 18.5 Å². The molecule has 20 heavy (non-hydrogen) atoms. The second kappa shape index (κ2) is 6.83. The lowest BCUT2D eigenvalue weighted by Gasteiger charge is -2.11. The highest BCUT2D eigenvalue weighted by molar-refractivity contribution is 7.89. The Labute approximate surface area is 121 Å². The summed E-state index contributed by atoms with van der Waals surface area (Å²) in [5.74, 6) is 0. The van der Waals surface area contributed by atoms with Crippen LogP contribution in [0.4, 0.5) is 5.69 Å². The highest BCUT2D eigenvalue weighted by Crippen LogP contribution is 2.19. The second-order valence-electron chi connectivity index (χ2n) is 4.36. The minimum Gasteiger partial charge on any atom is -0.398 e. The number of benzene rings is 1. The number of nitrogen functional groups attached to an aromatic ring is 1. The first-order valence-corrected chi connectivity index (χ1v) is 9.00. The van der Waals surface area contributed by atoms with Crippen LogP contribution in [0.15, 0.2) is 23.1 Å². The standard InChI is InChI=1S/C12H17N3O3S2/c1-9(19(2)16)5-6-15-20(17,18)12-4-3-10(8-13)7-11(12)14/h3-4,7,9,15H,5-6,14H2,1-2H3. The van der Waals surface area contributed by atoms with E-state index in [9.17, 15) is 12.6 Å². The van der Waals surface area contributed by atoms with Gasteiger partial charge in [0.1, 0.15) is 4.90 Å². The van der Waals surface area contributed by atoms with Crippen molar-refractivity contribution in [2.24, 2.45) is 0 Å². The van der Waals surface area contributed by atoms with Gasteiger partial charge in [-0.3, -0.25) is 4.21 Å². The van der Waals surface area contributed by atoms with Gasteiger partial charge in [0.25, 0.3) is 0 Å². The first kappa shape index (κ1) is 16.6. The normalized spacial score (nSPS) is 14.4. The molecule has 0 saturated carbocycles. The van der Waals surface area contributed by atoms with Crippen molar-refractivity contribution >= 4 is 26.5 Å². The molecule has 0 radical (unpaired) electrons. The molecule has 2 atom stereocenters. The fourth-order valence-corrected chi connectivity index (χ4v) is 3.11. The third-order valence-electron chi connectivity index (χ3n) is 2.84. The summed E-state index contributed by atoms with van der Waals surface area (Å²) in [5, 5.41) is 8.62. The zero-order valence-electron chi connectivity index (χ0n) is 11.3. The van der Waals surface area contributed by atoms with Gasteiger partial charge >= 0.3 is 0 Å². The monoisotopic (exact) mass is 315 g/mol. The Morgan fingerprint density at radius 3 is 2.65 bits per heavy atom. The average Bonchev–Trinajstić information content (AvgIpc) is 2.37. The minimum atomic E-state index is -3.72. The molecular formula is C12H17N3O3S2. The maximum Gasteiger partial charge on any atom is 0.242 e. The smallest absolute Gasteiger partial charge is 0.242 e. The largest absolute Gasteiger partial charge is 0.398 e. The Balaban J connectivity index is 2.80. The molecule has 110 valence electrons. The SMILES string of the molecule is CC(CCNS(=O)(=O)c1ccc(C#N)cc1N)S(C)=O. The number of rotatable bonds is 6. The Kier molecular flexibility index (Phi) is 5.68. The van der Waals surface area contributed by atoms with Crippen molar-refractivity contribution in [1.82, 2.24) is 4.72 Å². The van der Waals surface area contributed by atoms with Crippen molar-refractivity contribution in [3.63, 3.8) is 0 Å². The quantitative estimate of drug-likeness (QED) is 0.745. The van der Waals surface area contributed by atoms with Gasteiger partial charge in [-0.05, 0) is 24.6 Å². The molecule has 0 aliphatic rings. The van der Waals surface area contributed by atoms with Crippen LogP contribution in [-0.2, 0) is 20.8 Å². The second-order valence-corrected chi connectivity index (χ2v) is 7.90. The summed E-state index contributed by atoms with van der Waals surface area (Å²) in [6, 6.07) is 5.91. The van der Waals surface area contributed by atoms with Gasteiger partial charge in [0.2, 0.25) is 10.0 Å². The minimum absolute atomic E-state index is 0.0312. The van der Waals surface area contributed by atoms with Gasteiger partial charge in [0, 0.05) is 28.9 Å². The van der Waals surface area contributed by atoms with Crippen LogP contribution in [0.1, 0.15) is 18.9 Å². The molecule has 6 nitrogen and oxygen atoms in total. The van der Waals surface area contributed by atoms with E-state index < -0.39 is 20.8 Å². The average molecular weight is 315 g/mol. The topological polar surface area (TPSA) is 113 Å². The molecule has 0 saturated heterocycles. The molecule has 0 fully saturated rings. The van der Waals surface area contributed by atoms with E-state index in [1.165, 1.54) is 18.2 Å². The van der Waals surface area contributed by atoms with Gasteiger partial charge in [0.05, 0.1) is 17.3 Å². The summed E-state index contributed by atoms with van der Waals surface area (Å²) in [6.07, 6.45) is 2.05. The van der Waals surface area contributed by atoms with Gasteiger partial charge in [-0.2, -0.15) is 5.26 Å². The van der Waals surface area contributed by atoms with Gasteiger partial charge in [0.15, 0.2) is 0 Å². The third-order valence-corrected chi connectivity index (χ3v) is 5.74. The van der Waals surface area contributed by atoms with Crippen LogP contribution in [0, 0.1) is 11.3 Å². The highest BCUT2D eigenvalue weighted by Gasteiger charge is 2.18. The van der Waals surface area contributed by atoms with E-state index in [0.717, 1.165) is 0 Å². The summed E-state index contributed by atoms with van der Waals surface area (Å²) >= 11 is 0. The number of nitriles is 1. The Hall–Kier alpha value is -1.43. The first-order chi connectivity index (χ1) is 9.27. The molecule has 0 aliphatic heterocycles. The summed E-state index contributed by atoms with van der Waals surface area (Å²) in [6.45, 7) is 1.98. The van der Waals surface area contributed by atoms with E-state index in [-0.39, 0.29) is 22.4 Å². The van der Waals surface area contributed by atoms with E-state index >= 15 is 0 Å². The maximum absolute atomic E-state index is 12.1. The molecule has 2 unspecified atom stereocenters. The fraction of sp³-hybridized carbons (Fsp3) is 0.417. The van der Waals surface area contributed by atoms with Crippen molar-refractivity contribution < 1.29 is 12.6 Å². The van der Waals surface area contributed by atoms with Gasteiger partial charge in [-0.1, -0.05) is 6.92 Å². The first-order valence-electron chi connectivity index (χ1n) is 5.89. The van der Waals surface area contributed by atoms with E-state index in [1.54, 1.807) is 13.2 Å². The molecule has 0 spiro atoms. The number of nitrogens with two attached hydrogens (primary N) is 1. The highest BCUT2D eigenvalue weighted by atomic mass is 32.2. The Morgan fingerprint density at radius 2 is 2.15 bits per heavy atom. The molecule has 0 amide bonds. The summed E-state index contributed by atoms with van der Waals surface area (Å²) in [5.41, 5.74) is 5.98. The number of nitrogens with zero attached hydrogens (tertiary/aromatic N) is 1. The van der Waals surface area contributed by atoms with Crippen LogP contribution in [0.2, 0.25) is 0 Å². The van der Waals surface area contributed by atoms with Crippen molar-refractivity contribution in [3.8, 4) is 6.07 Å². The van der Waals surface area contributed by atoms with Crippen LogP contribution >= 0.6 is 0 Å². The third kappa shape index (κ3) is 4.30. The predicted molar refractivity (Wildman–Crippen MR) is 78.9 cm³/mol. The van der Waals surface area contributed by atoms with Crippen LogP contribution in [0.25, 0.3) is 0 Å². The van der Waals surface area contributed by atoms with Gasteiger partial charge < -0.3 is 5.73 Å². The predicted octanol–water partition coefficient (Wildman–Crippen LogP) is 0.576. The lowest BCUT2D eigenvalue weighted by molar-refractivity contribution is 0.578. The number of hydrogen-bond donors (Lipinski definition) is 2. The number of anilines is 1. The van der Waals surface area contributed by atoms with Crippen molar-refractivity contribution in [3.05, 3.63) is 23.8 Å². The molecule has 0 bridgehead atoms. The molecule has 1 aromatic carbocycles. The number of hydrogen-bond acceptors (Lipinski definition) is 5. The molecule has 1 aromatic rings. The lowest BCUT2D eigenvalue weighted by Crippen LogP contribution is -2.28. The fourth-order valence-electron chi connectivity index (χ4n) is 1.50. The zero-order valence-corrected chi connectivity index (χ0v) is 12.9. The van der Waals surface area contributed by atoms with Crippen LogP contribution in [0.3, 0.4) is 0 Å². The zero-order chi connectivity index (χ0) is 15.3. The Bertz CT molecular complexity index is 650. The van der Waals surface area contributed by atoms with Gasteiger partial charge in [-0.25, -0.2) is 13.1 Å². The maximum atomic E-state index is 12.1. The summed E-state index contributed by atoms with van der Waals surface area (Å²) in [4.78, 5) is -0.0539. The number of nitrogens with one attached hydrogen (secondary N) is 1.